The maximum Gasteiger partial charge on any atom is -0.00435 e. The molecule has 0 bridgehead atoms. The van der Waals surface area contributed by atoms with Gasteiger partial charge in [0, 0.05) is 0 Å². The summed E-state index contributed by atoms with van der Waals surface area (Å²) in [5.41, 5.74) is 1.73. The van der Waals surface area contributed by atoms with Gasteiger partial charge in [0.25, 0.3) is 0 Å². The van der Waals surface area contributed by atoms with E-state index in [1.54, 1.807) is 0 Å². The van der Waals surface area contributed by atoms with Crippen LogP contribution in [0.3, 0.4) is 0 Å². The van der Waals surface area contributed by atoms with Crippen molar-refractivity contribution in [1.82, 2.24) is 5.32 Å². The average molecular weight is 225 g/mol. The highest BCUT2D eigenvalue weighted by molar-refractivity contribution is 5.13. The lowest BCUT2D eigenvalue weighted by atomic mass is 9.66. The second-order valence-corrected chi connectivity index (χ2v) is 5.41. The molecular formula is C15H31N. The van der Waals surface area contributed by atoms with Crippen LogP contribution in [0.5, 0.6) is 0 Å². The average Bonchev–Trinajstić information content (AvgIpc) is 2.32. The summed E-state index contributed by atoms with van der Waals surface area (Å²) in [6.07, 6.45) is 3.63. The summed E-state index contributed by atoms with van der Waals surface area (Å²) < 4.78 is 0. The highest BCUT2D eigenvalue weighted by Crippen LogP contribution is 2.43. The van der Waals surface area contributed by atoms with Crippen molar-refractivity contribution in [2.75, 3.05) is 13.6 Å². The Kier molecular flexibility index (Phi) is 6.98. The molecule has 0 saturated carbocycles. The van der Waals surface area contributed by atoms with Gasteiger partial charge in [0.1, 0.15) is 0 Å². The van der Waals surface area contributed by atoms with E-state index in [-0.39, 0.29) is 5.41 Å². The van der Waals surface area contributed by atoms with E-state index in [0.29, 0.717) is 11.8 Å². The van der Waals surface area contributed by atoms with Crippen molar-refractivity contribution in [3.8, 4) is 0 Å². The molecule has 0 aliphatic heterocycles. The molecule has 16 heavy (non-hydrogen) atoms. The molecular weight excluding hydrogens is 194 g/mol. The fourth-order valence-electron chi connectivity index (χ4n) is 2.37. The van der Waals surface area contributed by atoms with Crippen LogP contribution in [0.1, 0.15) is 53.9 Å². The lowest BCUT2D eigenvalue weighted by molar-refractivity contribution is 0.210. The first-order valence-corrected chi connectivity index (χ1v) is 6.77. The van der Waals surface area contributed by atoms with Crippen molar-refractivity contribution in [2.24, 2.45) is 17.3 Å². The number of nitrogens with one attached hydrogen (secondary N) is 1. The van der Waals surface area contributed by atoms with Crippen LogP contribution < -0.4 is 5.32 Å². The molecule has 0 aromatic carbocycles. The van der Waals surface area contributed by atoms with E-state index in [1.165, 1.54) is 24.8 Å². The van der Waals surface area contributed by atoms with Crippen LogP contribution in [0.25, 0.3) is 0 Å². The van der Waals surface area contributed by atoms with Gasteiger partial charge in [-0.3, -0.25) is 0 Å². The molecule has 1 unspecified atom stereocenters. The van der Waals surface area contributed by atoms with E-state index < -0.39 is 0 Å². The molecule has 0 heterocycles. The zero-order valence-corrected chi connectivity index (χ0v) is 12.2. The standard InChI is InChI=1S/C15H31N/c1-8-12(3)14(5)15(6,10-11-16-7)13(4)9-2/h12-13,16H,5,8-11H2,1-4,6-7H3/t12-,13-,15?/m1/s1. The summed E-state index contributed by atoms with van der Waals surface area (Å²) in [5.74, 6) is 1.35. The topological polar surface area (TPSA) is 12.0 Å². The first-order chi connectivity index (χ1) is 7.43. The molecule has 0 spiro atoms. The number of allylic oxidation sites excluding steroid dienone is 1. The molecule has 0 aromatic rings. The maximum absolute atomic E-state index is 4.39. The first kappa shape index (κ1) is 15.7. The minimum absolute atomic E-state index is 0.285. The van der Waals surface area contributed by atoms with Crippen LogP contribution in [0, 0.1) is 17.3 Å². The Morgan fingerprint density at radius 1 is 1.25 bits per heavy atom. The van der Waals surface area contributed by atoms with Gasteiger partial charge in [-0.15, -0.1) is 0 Å². The van der Waals surface area contributed by atoms with Gasteiger partial charge in [-0.1, -0.05) is 53.2 Å². The third kappa shape index (κ3) is 3.62. The molecule has 0 aliphatic rings. The SMILES string of the molecule is C=C([C@H](C)CC)C(C)(CCNC)[C@H](C)CC. The Balaban J connectivity index is 4.83. The molecule has 0 rings (SSSR count). The van der Waals surface area contributed by atoms with E-state index in [9.17, 15) is 0 Å². The van der Waals surface area contributed by atoms with E-state index in [4.69, 9.17) is 0 Å². The zero-order chi connectivity index (χ0) is 12.8. The Hall–Kier alpha value is -0.300. The largest absolute Gasteiger partial charge is 0.320 e. The van der Waals surface area contributed by atoms with Crippen LogP contribution in [0.2, 0.25) is 0 Å². The van der Waals surface area contributed by atoms with Gasteiger partial charge in [0.2, 0.25) is 0 Å². The van der Waals surface area contributed by atoms with Gasteiger partial charge < -0.3 is 5.32 Å². The van der Waals surface area contributed by atoms with Crippen LogP contribution in [0.4, 0.5) is 0 Å². The summed E-state index contributed by atoms with van der Waals surface area (Å²) in [5, 5.41) is 3.27. The molecule has 0 saturated heterocycles. The third-order valence-corrected chi connectivity index (χ3v) is 4.54. The van der Waals surface area contributed by atoms with Crippen molar-refractivity contribution in [3.63, 3.8) is 0 Å². The van der Waals surface area contributed by atoms with E-state index >= 15 is 0 Å². The summed E-state index contributed by atoms with van der Waals surface area (Å²) in [7, 11) is 2.03. The van der Waals surface area contributed by atoms with E-state index in [1.807, 2.05) is 7.05 Å². The highest BCUT2D eigenvalue weighted by atomic mass is 14.8. The van der Waals surface area contributed by atoms with Crippen molar-refractivity contribution in [3.05, 3.63) is 12.2 Å². The number of hydrogen-bond donors (Lipinski definition) is 1. The van der Waals surface area contributed by atoms with Crippen LogP contribution >= 0.6 is 0 Å². The van der Waals surface area contributed by atoms with Crippen molar-refractivity contribution in [2.45, 2.75) is 53.9 Å². The molecule has 0 radical (unpaired) electrons. The van der Waals surface area contributed by atoms with Gasteiger partial charge in [0.05, 0.1) is 0 Å². The Morgan fingerprint density at radius 2 is 1.81 bits per heavy atom. The Bertz CT molecular complexity index is 209. The predicted octanol–water partition coefficient (Wildman–Crippen LogP) is 4.25. The van der Waals surface area contributed by atoms with E-state index in [2.05, 4.69) is 46.5 Å². The highest BCUT2D eigenvalue weighted by Gasteiger charge is 2.34. The fraction of sp³-hybridized carbons (Fsp3) is 0.867. The lowest BCUT2D eigenvalue weighted by Crippen LogP contribution is -2.33. The second kappa shape index (κ2) is 7.11. The minimum Gasteiger partial charge on any atom is -0.320 e. The normalized spacial score (nSPS) is 18.9. The minimum atomic E-state index is 0.285. The van der Waals surface area contributed by atoms with Crippen molar-refractivity contribution < 1.29 is 0 Å². The number of hydrogen-bond acceptors (Lipinski definition) is 1. The van der Waals surface area contributed by atoms with Gasteiger partial charge in [-0.05, 0) is 43.7 Å². The molecule has 0 amide bonds. The summed E-state index contributed by atoms with van der Waals surface area (Å²) in [6.45, 7) is 17.1. The fourth-order valence-corrected chi connectivity index (χ4v) is 2.37. The maximum atomic E-state index is 4.39. The van der Waals surface area contributed by atoms with Crippen molar-refractivity contribution >= 4 is 0 Å². The molecule has 0 aromatic heterocycles. The lowest BCUT2D eigenvalue weighted by Gasteiger charge is -2.40. The van der Waals surface area contributed by atoms with Gasteiger partial charge in [-0.25, -0.2) is 0 Å². The first-order valence-electron chi connectivity index (χ1n) is 6.77. The van der Waals surface area contributed by atoms with Crippen LogP contribution in [-0.4, -0.2) is 13.6 Å². The molecule has 0 aliphatic carbocycles. The Labute approximate surface area is 103 Å². The second-order valence-electron chi connectivity index (χ2n) is 5.41. The summed E-state index contributed by atoms with van der Waals surface area (Å²) >= 11 is 0. The Morgan fingerprint density at radius 3 is 2.19 bits per heavy atom. The van der Waals surface area contributed by atoms with Gasteiger partial charge in [-0.2, -0.15) is 0 Å². The van der Waals surface area contributed by atoms with Gasteiger partial charge >= 0.3 is 0 Å². The molecule has 0 fully saturated rings. The summed E-state index contributed by atoms with van der Waals surface area (Å²) in [6, 6.07) is 0. The predicted molar refractivity (Wildman–Crippen MR) is 74.7 cm³/mol. The summed E-state index contributed by atoms with van der Waals surface area (Å²) in [4.78, 5) is 0. The molecule has 96 valence electrons. The third-order valence-electron chi connectivity index (χ3n) is 4.54. The molecule has 3 atom stereocenters. The smallest absolute Gasteiger partial charge is 0.00435 e. The van der Waals surface area contributed by atoms with Crippen LogP contribution in [-0.2, 0) is 0 Å². The van der Waals surface area contributed by atoms with Gasteiger partial charge in [0.15, 0.2) is 0 Å². The molecule has 1 N–H and O–H groups in total. The number of rotatable bonds is 8. The molecule has 1 heteroatoms. The quantitative estimate of drug-likeness (QED) is 0.609. The molecule has 1 nitrogen and oxygen atoms in total. The zero-order valence-electron chi connectivity index (χ0n) is 12.2. The van der Waals surface area contributed by atoms with Crippen LogP contribution in [0.15, 0.2) is 12.2 Å². The monoisotopic (exact) mass is 225 g/mol. The van der Waals surface area contributed by atoms with E-state index in [0.717, 1.165) is 6.54 Å². The van der Waals surface area contributed by atoms with Crippen molar-refractivity contribution in [1.29, 1.82) is 0 Å².